The van der Waals surface area contributed by atoms with Gasteiger partial charge in [-0.1, -0.05) is 5.64 Å². The maximum absolute atomic E-state index is 9.40. The van der Waals surface area contributed by atoms with E-state index in [2.05, 4.69) is 9.68 Å². The maximum Gasteiger partial charge on any atom is 1.00 e. The van der Waals surface area contributed by atoms with E-state index in [9.17, 15) is 9.90 Å². The largest absolute Gasteiger partial charge is 1.00 e. The summed E-state index contributed by atoms with van der Waals surface area (Å²) < 4.78 is 0. The van der Waals surface area contributed by atoms with Gasteiger partial charge < -0.3 is 14.7 Å². The zero-order chi connectivity index (χ0) is 6.41. The van der Waals surface area contributed by atoms with Gasteiger partial charge in [-0.25, -0.2) is 0 Å². The van der Waals surface area contributed by atoms with Crippen LogP contribution in [0.5, 0.6) is 0 Å². The first-order valence-electron chi connectivity index (χ1n) is 2.02. The van der Waals surface area contributed by atoms with Crippen LogP contribution in [0.2, 0.25) is 0 Å². The van der Waals surface area contributed by atoms with Crippen LogP contribution in [-0.2, 0) is 9.68 Å². The number of rotatable bonds is 3. The predicted molar refractivity (Wildman–Crippen MR) is 21.2 cm³/mol. The summed E-state index contributed by atoms with van der Waals surface area (Å²) in [7, 11) is 0. The summed E-state index contributed by atoms with van der Waals surface area (Å²) in [4.78, 5) is 17.3. The van der Waals surface area contributed by atoms with E-state index < -0.39 is 6.16 Å². The third-order valence-corrected chi connectivity index (χ3v) is 0.328. The normalized spacial score (nSPS) is 7.67. The second-order valence-corrected chi connectivity index (χ2v) is 0.868. The van der Waals surface area contributed by atoms with Gasteiger partial charge in [0.05, 0.1) is 6.61 Å². The van der Waals surface area contributed by atoms with Crippen molar-refractivity contribution >= 4 is 6.16 Å². The van der Waals surface area contributed by atoms with Gasteiger partial charge in [0, 0.05) is 0 Å². The number of carboxylic acid groups (broad SMARTS) is 1. The van der Waals surface area contributed by atoms with Gasteiger partial charge in [-0.15, -0.1) is 0 Å². The molecule has 1 N–H and O–H groups in total. The molecule has 0 bridgehead atoms. The molecule has 9 heavy (non-hydrogen) atoms. The summed E-state index contributed by atoms with van der Waals surface area (Å²) >= 11 is 0. The molecule has 0 atom stereocenters. The van der Waals surface area contributed by atoms with E-state index in [1.165, 1.54) is 0 Å². The third-order valence-electron chi connectivity index (χ3n) is 0.328. The second-order valence-electron chi connectivity index (χ2n) is 0.868. The van der Waals surface area contributed by atoms with Crippen molar-refractivity contribution in [2.75, 3.05) is 6.61 Å². The first-order valence-corrected chi connectivity index (χ1v) is 2.02. The molecule has 0 fully saturated rings. The standard InChI is InChI=1S/C3H7NO4.K/c1-2-7-4-8-3(5)6;/h4H,2H2,1H3,(H,5,6);/q;+1/p-1. The fraction of sp³-hybridized carbons (Fsp3) is 0.667. The monoisotopic (exact) mass is 159 g/mol. The van der Waals surface area contributed by atoms with Crippen LogP contribution in [0.1, 0.15) is 6.92 Å². The Bertz CT molecular complexity index is 78.2. The van der Waals surface area contributed by atoms with Crippen LogP contribution in [0.15, 0.2) is 0 Å². The van der Waals surface area contributed by atoms with Gasteiger partial charge in [-0.2, -0.15) is 0 Å². The molecule has 0 unspecified atom stereocenters. The molecule has 0 aromatic rings. The molecule has 0 radical (unpaired) electrons. The number of hydrogen-bond donors (Lipinski definition) is 1. The summed E-state index contributed by atoms with van der Waals surface area (Å²) in [6, 6.07) is 0. The Morgan fingerprint density at radius 1 is 1.78 bits per heavy atom. The fourth-order valence-electron chi connectivity index (χ4n) is 0.122. The first kappa shape index (κ1) is 12.5. The summed E-state index contributed by atoms with van der Waals surface area (Å²) in [6.45, 7) is 2.00. The number of carbonyl (C=O) groups is 1. The minimum absolute atomic E-state index is 0. The molecule has 0 spiro atoms. The molecule has 0 aliphatic rings. The van der Waals surface area contributed by atoms with Gasteiger partial charge in [0.15, 0.2) is 0 Å². The number of nitrogens with one attached hydrogen (secondary N) is 1. The SMILES string of the molecule is CCONOC(=O)[O-].[K+]. The van der Waals surface area contributed by atoms with Crippen LogP contribution in [0.4, 0.5) is 4.79 Å². The average Bonchev–Trinajstić information content (AvgIpc) is 1.66. The average molecular weight is 159 g/mol. The van der Waals surface area contributed by atoms with Crippen LogP contribution in [0.25, 0.3) is 0 Å². The molecule has 0 aromatic heterocycles. The van der Waals surface area contributed by atoms with Crippen LogP contribution >= 0.6 is 0 Å². The zero-order valence-corrected chi connectivity index (χ0v) is 8.46. The van der Waals surface area contributed by atoms with Crippen molar-refractivity contribution in [3.63, 3.8) is 0 Å². The Labute approximate surface area is 95.0 Å². The quantitative estimate of drug-likeness (QED) is 0.257. The van der Waals surface area contributed by atoms with Gasteiger partial charge in [0.25, 0.3) is 6.16 Å². The molecule has 0 aliphatic heterocycles. The van der Waals surface area contributed by atoms with E-state index in [1.54, 1.807) is 12.6 Å². The summed E-state index contributed by atoms with van der Waals surface area (Å²) in [5.74, 6) is 0. The van der Waals surface area contributed by atoms with Crippen molar-refractivity contribution < 1.29 is 71.0 Å². The van der Waals surface area contributed by atoms with Crippen molar-refractivity contribution in [1.82, 2.24) is 5.64 Å². The molecule has 0 aliphatic carbocycles. The van der Waals surface area contributed by atoms with Crippen molar-refractivity contribution in [1.29, 1.82) is 0 Å². The number of carbonyl (C=O) groups excluding carboxylic acids is 1. The van der Waals surface area contributed by atoms with Crippen molar-refractivity contribution in [3.8, 4) is 0 Å². The third kappa shape index (κ3) is 12.1. The summed E-state index contributed by atoms with van der Waals surface area (Å²) in [6.07, 6.45) is -1.67. The van der Waals surface area contributed by atoms with Gasteiger partial charge >= 0.3 is 51.4 Å². The Morgan fingerprint density at radius 2 is 2.33 bits per heavy atom. The van der Waals surface area contributed by atoms with E-state index in [0.29, 0.717) is 6.61 Å². The smallest absolute Gasteiger partial charge is 0.444 e. The fourth-order valence-corrected chi connectivity index (χ4v) is 0.122. The number of hydrogen-bond acceptors (Lipinski definition) is 5. The van der Waals surface area contributed by atoms with E-state index in [4.69, 9.17) is 0 Å². The topological polar surface area (TPSA) is 70.6 Å². The first-order chi connectivity index (χ1) is 3.77. The summed E-state index contributed by atoms with van der Waals surface area (Å²) in [5.41, 5.74) is 1.67. The molecule has 0 rings (SSSR count). The van der Waals surface area contributed by atoms with Crippen molar-refractivity contribution in [3.05, 3.63) is 0 Å². The second kappa shape index (κ2) is 8.83. The Morgan fingerprint density at radius 3 is 2.67 bits per heavy atom. The van der Waals surface area contributed by atoms with Crippen LogP contribution in [0, 0.1) is 0 Å². The molecule has 0 saturated carbocycles. The van der Waals surface area contributed by atoms with E-state index in [-0.39, 0.29) is 51.4 Å². The van der Waals surface area contributed by atoms with E-state index >= 15 is 0 Å². The van der Waals surface area contributed by atoms with Gasteiger partial charge in [-0.3, -0.25) is 4.84 Å². The van der Waals surface area contributed by atoms with Gasteiger partial charge in [-0.05, 0) is 6.92 Å². The predicted octanol–water partition coefficient (Wildman–Crippen LogP) is -4.19. The van der Waals surface area contributed by atoms with Crippen LogP contribution in [-0.4, -0.2) is 12.8 Å². The minimum atomic E-state index is -1.67. The molecule has 0 heterocycles. The van der Waals surface area contributed by atoms with E-state index in [1.807, 2.05) is 0 Å². The van der Waals surface area contributed by atoms with Gasteiger partial charge in [0.1, 0.15) is 0 Å². The molecule has 6 heteroatoms. The molecular formula is C3H6KNO4. The Kier molecular flexibility index (Phi) is 12.3. The maximum atomic E-state index is 9.40. The van der Waals surface area contributed by atoms with Crippen molar-refractivity contribution in [2.45, 2.75) is 6.92 Å². The molecule has 5 nitrogen and oxygen atoms in total. The van der Waals surface area contributed by atoms with Crippen molar-refractivity contribution in [2.24, 2.45) is 0 Å². The minimum Gasteiger partial charge on any atom is -0.444 e. The molecular weight excluding hydrogens is 153 g/mol. The Hall–Kier alpha value is 0.826. The zero-order valence-electron chi connectivity index (χ0n) is 5.34. The molecule has 0 aromatic carbocycles. The van der Waals surface area contributed by atoms with E-state index in [0.717, 1.165) is 0 Å². The molecule has 0 amide bonds. The summed E-state index contributed by atoms with van der Waals surface area (Å²) in [5, 5.41) is 9.40. The molecule has 0 saturated heterocycles. The Balaban J connectivity index is 0. The van der Waals surface area contributed by atoms with Crippen LogP contribution < -0.4 is 62.1 Å². The molecule has 48 valence electrons. The van der Waals surface area contributed by atoms with Crippen LogP contribution in [0.3, 0.4) is 0 Å². The van der Waals surface area contributed by atoms with Gasteiger partial charge in [0.2, 0.25) is 0 Å².